The summed E-state index contributed by atoms with van der Waals surface area (Å²) in [6.07, 6.45) is 3.94. The molecule has 2 rings (SSSR count). The third-order valence-corrected chi connectivity index (χ3v) is 3.37. The molecule has 116 valence electrons. The Labute approximate surface area is 131 Å². The molecule has 0 aliphatic rings. The van der Waals surface area contributed by atoms with Crippen molar-refractivity contribution in [1.82, 2.24) is 15.3 Å². The average molecular weight is 298 g/mol. The van der Waals surface area contributed by atoms with Crippen LogP contribution in [-0.4, -0.2) is 21.9 Å². The van der Waals surface area contributed by atoms with Crippen LogP contribution in [0.2, 0.25) is 0 Å². The van der Waals surface area contributed by atoms with Crippen molar-refractivity contribution in [3.63, 3.8) is 0 Å². The van der Waals surface area contributed by atoms with Crippen LogP contribution >= 0.6 is 0 Å². The van der Waals surface area contributed by atoms with E-state index < -0.39 is 0 Å². The second kappa shape index (κ2) is 7.02. The van der Waals surface area contributed by atoms with Crippen LogP contribution in [-0.2, 0) is 0 Å². The molecule has 0 aliphatic heterocycles. The first-order valence-electron chi connectivity index (χ1n) is 7.46. The summed E-state index contributed by atoms with van der Waals surface area (Å²) in [6.45, 7) is 8.08. The number of carbonyl (C=O) groups is 1. The quantitative estimate of drug-likeness (QED) is 0.888. The van der Waals surface area contributed by atoms with E-state index in [1.54, 1.807) is 6.20 Å². The van der Waals surface area contributed by atoms with Gasteiger partial charge in [0, 0.05) is 11.7 Å². The first-order chi connectivity index (χ1) is 10.5. The van der Waals surface area contributed by atoms with Gasteiger partial charge < -0.3 is 10.6 Å². The molecular weight excluding hydrogens is 276 g/mol. The Kier molecular flexibility index (Phi) is 5.09. The summed E-state index contributed by atoms with van der Waals surface area (Å²) >= 11 is 0. The predicted octanol–water partition coefficient (Wildman–Crippen LogP) is 3.37. The number of aromatic nitrogens is 2. The van der Waals surface area contributed by atoms with E-state index in [1.807, 2.05) is 39.8 Å². The summed E-state index contributed by atoms with van der Waals surface area (Å²) in [7, 11) is 0. The Morgan fingerprint density at radius 2 is 1.82 bits per heavy atom. The summed E-state index contributed by atoms with van der Waals surface area (Å²) in [5.41, 5.74) is 3.65. The lowest BCUT2D eigenvalue weighted by molar-refractivity contribution is 0.0934. The standard InChI is InChI=1S/C17H22N4O/c1-5-13(4)20-17(22)15-9-19-16(10-18-15)21-14-7-11(2)6-12(3)8-14/h6-10,13H,5H2,1-4H3,(H,19,21)(H,20,22). The van der Waals surface area contributed by atoms with Crippen molar-refractivity contribution in [2.24, 2.45) is 0 Å². The lowest BCUT2D eigenvalue weighted by Gasteiger charge is -2.11. The van der Waals surface area contributed by atoms with Crippen molar-refractivity contribution in [3.05, 3.63) is 47.4 Å². The maximum Gasteiger partial charge on any atom is 0.271 e. The number of aryl methyl sites for hydroxylation is 2. The van der Waals surface area contributed by atoms with E-state index in [1.165, 1.54) is 17.3 Å². The summed E-state index contributed by atoms with van der Waals surface area (Å²) in [4.78, 5) is 20.4. The van der Waals surface area contributed by atoms with E-state index in [-0.39, 0.29) is 11.9 Å². The van der Waals surface area contributed by atoms with E-state index in [9.17, 15) is 4.79 Å². The number of carbonyl (C=O) groups excluding carboxylic acids is 1. The fraction of sp³-hybridized carbons (Fsp3) is 0.353. The topological polar surface area (TPSA) is 66.9 Å². The van der Waals surface area contributed by atoms with E-state index in [2.05, 4.69) is 26.7 Å². The van der Waals surface area contributed by atoms with Crippen molar-refractivity contribution in [1.29, 1.82) is 0 Å². The Balaban J connectivity index is 2.07. The molecule has 5 heteroatoms. The normalized spacial score (nSPS) is 11.8. The maximum atomic E-state index is 11.9. The molecule has 2 aromatic rings. The summed E-state index contributed by atoms with van der Waals surface area (Å²) in [6, 6.07) is 6.32. The van der Waals surface area contributed by atoms with E-state index >= 15 is 0 Å². The molecule has 22 heavy (non-hydrogen) atoms. The van der Waals surface area contributed by atoms with Crippen molar-refractivity contribution in [2.45, 2.75) is 40.2 Å². The largest absolute Gasteiger partial charge is 0.348 e. The number of nitrogens with zero attached hydrogens (tertiary/aromatic N) is 2. The van der Waals surface area contributed by atoms with E-state index in [0.29, 0.717) is 11.5 Å². The second-order valence-electron chi connectivity index (χ2n) is 5.57. The van der Waals surface area contributed by atoms with Crippen LogP contribution in [0.1, 0.15) is 41.9 Å². The SMILES string of the molecule is CCC(C)NC(=O)c1cnc(Nc2cc(C)cc(C)c2)cn1. The minimum absolute atomic E-state index is 0.127. The fourth-order valence-electron chi connectivity index (χ4n) is 2.10. The molecule has 0 fully saturated rings. The van der Waals surface area contributed by atoms with Crippen LogP contribution in [0, 0.1) is 13.8 Å². The molecular formula is C17H22N4O. The molecule has 0 bridgehead atoms. The Morgan fingerprint density at radius 3 is 2.36 bits per heavy atom. The maximum absolute atomic E-state index is 11.9. The van der Waals surface area contributed by atoms with Gasteiger partial charge in [0.05, 0.1) is 12.4 Å². The third-order valence-electron chi connectivity index (χ3n) is 3.37. The molecule has 0 saturated heterocycles. The van der Waals surface area contributed by atoms with E-state index in [0.717, 1.165) is 12.1 Å². The van der Waals surface area contributed by atoms with Gasteiger partial charge in [-0.3, -0.25) is 4.79 Å². The van der Waals surface area contributed by atoms with Gasteiger partial charge in [0.2, 0.25) is 0 Å². The lowest BCUT2D eigenvalue weighted by atomic mass is 10.1. The number of hydrogen-bond acceptors (Lipinski definition) is 4. The van der Waals surface area contributed by atoms with Gasteiger partial charge in [-0.15, -0.1) is 0 Å². The lowest BCUT2D eigenvalue weighted by Crippen LogP contribution is -2.32. The molecule has 1 unspecified atom stereocenters. The number of hydrogen-bond donors (Lipinski definition) is 2. The Hall–Kier alpha value is -2.43. The van der Waals surface area contributed by atoms with Crippen LogP contribution in [0.25, 0.3) is 0 Å². The van der Waals surface area contributed by atoms with Gasteiger partial charge in [-0.25, -0.2) is 9.97 Å². The molecule has 0 aliphatic carbocycles. The number of nitrogens with one attached hydrogen (secondary N) is 2. The minimum atomic E-state index is -0.195. The first-order valence-corrected chi connectivity index (χ1v) is 7.46. The van der Waals surface area contributed by atoms with Gasteiger partial charge in [0.1, 0.15) is 11.5 Å². The number of amides is 1. The Morgan fingerprint density at radius 1 is 1.14 bits per heavy atom. The highest BCUT2D eigenvalue weighted by atomic mass is 16.1. The fourth-order valence-corrected chi connectivity index (χ4v) is 2.10. The molecule has 0 spiro atoms. The molecule has 1 aromatic carbocycles. The molecule has 0 saturated carbocycles. The van der Waals surface area contributed by atoms with Crippen molar-refractivity contribution < 1.29 is 4.79 Å². The molecule has 2 N–H and O–H groups in total. The summed E-state index contributed by atoms with van der Waals surface area (Å²) in [5.74, 6) is 0.421. The molecule has 5 nitrogen and oxygen atoms in total. The highest BCUT2D eigenvalue weighted by molar-refractivity contribution is 5.92. The zero-order chi connectivity index (χ0) is 16.1. The van der Waals surface area contributed by atoms with E-state index in [4.69, 9.17) is 0 Å². The predicted molar refractivity (Wildman–Crippen MR) is 88.4 cm³/mol. The zero-order valence-corrected chi connectivity index (χ0v) is 13.5. The summed E-state index contributed by atoms with van der Waals surface area (Å²) < 4.78 is 0. The van der Waals surface area contributed by atoms with Crippen LogP contribution in [0.3, 0.4) is 0 Å². The number of rotatable bonds is 5. The number of benzene rings is 1. The number of anilines is 2. The van der Waals surface area contributed by atoms with Crippen molar-refractivity contribution in [2.75, 3.05) is 5.32 Å². The van der Waals surface area contributed by atoms with Crippen molar-refractivity contribution >= 4 is 17.4 Å². The molecule has 0 radical (unpaired) electrons. The highest BCUT2D eigenvalue weighted by Crippen LogP contribution is 2.17. The minimum Gasteiger partial charge on any atom is -0.348 e. The van der Waals surface area contributed by atoms with Crippen LogP contribution in [0.5, 0.6) is 0 Å². The molecule has 1 aromatic heterocycles. The van der Waals surface area contributed by atoms with Gasteiger partial charge >= 0.3 is 0 Å². The van der Waals surface area contributed by atoms with Crippen LogP contribution in [0.15, 0.2) is 30.6 Å². The highest BCUT2D eigenvalue weighted by Gasteiger charge is 2.10. The Bertz CT molecular complexity index is 632. The third kappa shape index (κ3) is 4.28. The monoisotopic (exact) mass is 298 g/mol. The molecule has 1 atom stereocenters. The summed E-state index contributed by atoms with van der Waals surface area (Å²) in [5, 5.41) is 6.07. The molecule has 1 heterocycles. The average Bonchev–Trinajstić information content (AvgIpc) is 2.46. The molecule has 1 amide bonds. The van der Waals surface area contributed by atoms with Gasteiger partial charge in [0.25, 0.3) is 5.91 Å². The van der Waals surface area contributed by atoms with Crippen LogP contribution in [0.4, 0.5) is 11.5 Å². The van der Waals surface area contributed by atoms with Gasteiger partial charge in [-0.05, 0) is 50.5 Å². The van der Waals surface area contributed by atoms with Gasteiger partial charge in [0.15, 0.2) is 0 Å². The smallest absolute Gasteiger partial charge is 0.271 e. The van der Waals surface area contributed by atoms with Crippen LogP contribution < -0.4 is 10.6 Å². The zero-order valence-electron chi connectivity index (χ0n) is 13.5. The first kappa shape index (κ1) is 15.9. The van der Waals surface area contributed by atoms with Crippen molar-refractivity contribution in [3.8, 4) is 0 Å². The van der Waals surface area contributed by atoms with Gasteiger partial charge in [-0.1, -0.05) is 13.0 Å². The van der Waals surface area contributed by atoms with Gasteiger partial charge in [-0.2, -0.15) is 0 Å². The second-order valence-corrected chi connectivity index (χ2v) is 5.57.